The number of hydrogen-bond acceptors (Lipinski definition) is 4. The van der Waals surface area contributed by atoms with Crippen molar-refractivity contribution in [1.82, 2.24) is 10.3 Å². The van der Waals surface area contributed by atoms with Gasteiger partial charge in [-0.05, 0) is 25.5 Å². The molecule has 2 rings (SSSR count). The van der Waals surface area contributed by atoms with E-state index in [1.807, 2.05) is 0 Å². The molecule has 1 amide bonds. The number of hydrogen-bond donors (Lipinski definition) is 1. The van der Waals surface area contributed by atoms with E-state index in [0.29, 0.717) is 6.42 Å². The van der Waals surface area contributed by atoms with Gasteiger partial charge in [-0.1, -0.05) is 0 Å². The third-order valence-corrected chi connectivity index (χ3v) is 4.81. The van der Waals surface area contributed by atoms with Gasteiger partial charge in [-0.25, -0.2) is 13.4 Å². The molecule has 7 heteroatoms. The molecule has 1 aromatic rings. The predicted octanol–water partition coefficient (Wildman–Crippen LogP) is 0.528. The summed E-state index contributed by atoms with van der Waals surface area (Å²) in [4.78, 5) is 15.2. The van der Waals surface area contributed by atoms with Gasteiger partial charge in [0.2, 0.25) is 5.95 Å². The second-order valence-corrected chi connectivity index (χ2v) is 6.91. The van der Waals surface area contributed by atoms with Crippen LogP contribution in [0.4, 0.5) is 4.39 Å². The molecule has 1 aliphatic rings. The standard InChI is InChI=1S/C11H13FN2O3S/c1-11(4-5-18(16,17)7-11)14-10(15)8-2-3-9(12)13-6-8/h2-3,6H,4-5,7H2,1H3,(H,14,15). The minimum atomic E-state index is -3.08. The second-order valence-electron chi connectivity index (χ2n) is 4.73. The Morgan fingerprint density at radius 3 is 2.72 bits per heavy atom. The highest BCUT2D eigenvalue weighted by molar-refractivity contribution is 7.91. The Labute approximate surface area is 104 Å². The molecule has 0 spiro atoms. The van der Waals surface area contributed by atoms with Crippen LogP contribution in [0.25, 0.3) is 0 Å². The topological polar surface area (TPSA) is 76.1 Å². The summed E-state index contributed by atoms with van der Waals surface area (Å²) in [5, 5.41) is 2.67. The zero-order valence-electron chi connectivity index (χ0n) is 9.81. The Hall–Kier alpha value is -1.50. The highest BCUT2D eigenvalue weighted by Gasteiger charge is 2.39. The van der Waals surface area contributed by atoms with E-state index in [9.17, 15) is 17.6 Å². The van der Waals surface area contributed by atoms with Gasteiger partial charge >= 0.3 is 0 Å². The Bertz CT molecular complexity index is 570. The van der Waals surface area contributed by atoms with Crippen molar-refractivity contribution in [2.45, 2.75) is 18.9 Å². The third-order valence-electron chi connectivity index (χ3n) is 2.91. The van der Waals surface area contributed by atoms with Crippen molar-refractivity contribution in [2.75, 3.05) is 11.5 Å². The zero-order chi connectivity index (χ0) is 13.4. The number of amides is 1. The van der Waals surface area contributed by atoms with Crippen LogP contribution in [-0.2, 0) is 9.84 Å². The van der Waals surface area contributed by atoms with Crippen LogP contribution < -0.4 is 5.32 Å². The first-order valence-electron chi connectivity index (χ1n) is 5.44. The Morgan fingerprint density at radius 2 is 2.22 bits per heavy atom. The largest absolute Gasteiger partial charge is 0.346 e. The van der Waals surface area contributed by atoms with Crippen molar-refractivity contribution in [3.63, 3.8) is 0 Å². The van der Waals surface area contributed by atoms with Crippen LogP contribution >= 0.6 is 0 Å². The summed E-state index contributed by atoms with van der Waals surface area (Å²) in [6.07, 6.45) is 1.51. The Balaban J connectivity index is 2.10. The van der Waals surface area contributed by atoms with E-state index in [2.05, 4.69) is 10.3 Å². The van der Waals surface area contributed by atoms with E-state index in [0.717, 1.165) is 12.3 Å². The fourth-order valence-electron chi connectivity index (χ4n) is 1.97. The average Bonchev–Trinajstić information content (AvgIpc) is 2.53. The lowest BCUT2D eigenvalue weighted by molar-refractivity contribution is 0.0915. The Kier molecular flexibility index (Phi) is 3.10. The number of halogens is 1. The van der Waals surface area contributed by atoms with Crippen LogP contribution in [0.15, 0.2) is 18.3 Å². The minimum Gasteiger partial charge on any atom is -0.346 e. The molecule has 1 unspecified atom stereocenters. The summed E-state index contributed by atoms with van der Waals surface area (Å²) in [5.41, 5.74) is -0.550. The van der Waals surface area contributed by atoms with Crippen LogP contribution in [0.2, 0.25) is 0 Å². The molecule has 1 atom stereocenters. The Morgan fingerprint density at radius 1 is 1.50 bits per heavy atom. The molecule has 18 heavy (non-hydrogen) atoms. The molecule has 2 heterocycles. The van der Waals surface area contributed by atoms with Crippen LogP contribution in [0.1, 0.15) is 23.7 Å². The number of rotatable bonds is 2. The zero-order valence-corrected chi connectivity index (χ0v) is 10.6. The summed E-state index contributed by atoms with van der Waals surface area (Å²) < 4.78 is 35.4. The average molecular weight is 272 g/mol. The van der Waals surface area contributed by atoms with Gasteiger partial charge in [-0.15, -0.1) is 0 Å². The van der Waals surface area contributed by atoms with Gasteiger partial charge in [0.25, 0.3) is 5.91 Å². The van der Waals surface area contributed by atoms with E-state index in [-0.39, 0.29) is 17.1 Å². The molecule has 0 saturated carbocycles. The highest BCUT2D eigenvalue weighted by Crippen LogP contribution is 2.23. The highest BCUT2D eigenvalue weighted by atomic mass is 32.2. The van der Waals surface area contributed by atoms with Crippen molar-refractivity contribution in [1.29, 1.82) is 0 Å². The molecule has 98 valence electrons. The molecule has 0 aromatic carbocycles. The number of nitrogens with one attached hydrogen (secondary N) is 1. The molecule has 1 N–H and O–H groups in total. The first-order chi connectivity index (χ1) is 8.30. The maximum absolute atomic E-state index is 12.6. The van der Waals surface area contributed by atoms with Gasteiger partial charge in [-0.2, -0.15) is 4.39 Å². The fraction of sp³-hybridized carbons (Fsp3) is 0.455. The van der Waals surface area contributed by atoms with E-state index in [1.165, 1.54) is 6.07 Å². The number of nitrogens with zero attached hydrogens (tertiary/aromatic N) is 1. The maximum atomic E-state index is 12.6. The molecule has 1 aliphatic heterocycles. The van der Waals surface area contributed by atoms with E-state index in [1.54, 1.807) is 6.92 Å². The van der Waals surface area contributed by atoms with Crippen molar-refractivity contribution >= 4 is 15.7 Å². The van der Waals surface area contributed by atoms with Crippen molar-refractivity contribution < 1.29 is 17.6 Å². The van der Waals surface area contributed by atoms with E-state index in [4.69, 9.17) is 0 Å². The molecule has 1 fully saturated rings. The predicted molar refractivity (Wildman–Crippen MR) is 63.3 cm³/mol. The fourth-order valence-corrected chi connectivity index (χ4v) is 4.06. The molecule has 0 radical (unpaired) electrons. The van der Waals surface area contributed by atoms with Crippen molar-refractivity contribution in [2.24, 2.45) is 0 Å². The quantitative estimate of drug-likeness (QED) is 0.797. The number of carbonyl (C=O) groups excluding carboxylic acids is 1. The minimum absolute atomic E-state index is 0.0691. The molecular weight excluding hydrogens is 259 g/mol. The molecule has 5 nitrogen and oxygen atoms in total. The number of carbonyl (C=O) groups is 1. The summed E-state index contributed by atoms with van der Waals surface area (Å²) in [6.45, 7) is 1.69. The molecule has 1 saturated heterocycles. The van der Waals surface area contributed by atoms with Gasteiger partial charge in [0.05, 0.1) is 22.6 Å². The number of aromatic nitrogens is 1. The summed E-state index contributed by atoms with van der Waals surface area (Å²) in [7, 11) is -3.08. The summed E-state index contributed by atoms with van der Waals surface area (Å²) in [5.74, 6) is -1.10. The van der Waals surface area contributed by atoms with Crippen molar-refractivity contribution in [3.05, 3.63) is 29.8 Å². The van der Waals surface area contributed by atoms with Crippen LogP contribution in [0.5, 0.6) is 0 Å². The SMILES string of the molecule is CC1(NC(=O)c2ccc(F)nc2)CCS(=O)(=O)C1. The van der Waals surface area contributed by atoms with Gasteiger partial charge in [0.1, 0.15) is 0 Å². The van der Waals surface area contributed by atoms with Gasteiger partial charge in [0.15, 0.2) is 9.84 Å². The first-order valence-corrected chi connectivity index (χ1v) is 7.26. The van der Waals surface area contributed by atoms with Crippen LogP contribution in [-0.4, -0.2) is 36.4 Å². The second kappa shape index (κ2) is 4.31. The molecule has 0 bridgehead atoms. The molecular formula is C11H13FN2O3S. The first kappa shape index (κ1) is 12.9. The third kappa shape index (κ3) is 2.84. The normalized spacial score (nSPS) is 25.9. The lowest BCUT2D eigenvalue weighted by Crippen LogP contribution is -2.46. The van der Waals surface area contributed by atoms with E-state index >= 15 is 0 Å². The van der Waals surface area contributed by atoms with Gasteiger partial charge in [-0.3, -0.25) is 4.79 Å². The van der Waals surface area contributed by atoms with E-state index < -0.39 is 27.2 Å². The molecule has 0 aliphatic carbocycles. The maximum Gasteiger partial charge on any atom is 0.253 e. The monoisotopic (exact) mass is 272 g/mol. The van der Waals surface area contributed by atoms with Crippen LogP contribution in [0, 0.1) is 5.95 Å². The number of sulfone groups is 1. The summed E-state index contributed by atoms with van der Waals surface area (Å²) in [6, 6.07) is 2.40. The smallest absolute Gasteiger partial charge is 0.253 e. The lowest BCUT2D eigenvalue weighted by atomic mass is 10.0. The lowest BCUT2D eigenvalue weighted by Gasteiger charge is -2.23. The van der Waals surface area contributed by atoms with Crippen LogP contribution in [0.3, 0.4) is 0 Å². The summed E-state index contributed by atoms with van der Waals surface area (Å²) >= 11 is 0. The molecule has 1 aromatic heterocycles. The number of pyridine rings is 1. The van der Waals surface area contributed by atoms with Gasteiger partial charge in [0, 0.05) is 6.20 Å². The van der Waals surface area contributed by atoms with Gasteiger partial charge < -0.3 is 5.32 Å². The van der Waals surface area contributed by atoms with Crippen molar-refractivity contribution in [3.8, 4) is 0 Å².